The van der Waals surface area contributed by atoms with Gasteiger partial charge in [-0.15, -0.1) is 0 Å². The number of ketones is 1. The molecule has 100 valence electrons. The number of rotatable bonds is 5. The summed E-state index contributed by atoms with van der Waals surface area (Å²) in [5.41, 5.74) is -0.558. The van der Waals surface area contributed by atoms with Gasteiger partial charge in [0.05, 0.1) is 10.9 Å². The quantitative estimate of drug-likeness (QED) is 0.615. The van der Waals surface area contributed by atoms with Crippen molar-refractivity contribution < 1.29 is 18.3 Å². The van der Waals surface area contributed by atoms with Gasteiger partial charge in [0.2, 0.25) is 0 Å². The van der Waals surface area contributed by atoms with Crippen molar-refractivity contribution >= 4 is 21.7 Å². The molecule has 0 saturated heterocycles. The van der Waals surface area contributed by atoms with Crippen molar-refractivity contribution in [2.24, 2.45) is 7.05 Å². The molecule has 0 N–H and O–H groups in total. The molecule has 1 aromatic heterocycles. The van der Waals surface area contributed by atoms with E-state index in [1.54, 1.807) is 0 Å². The predicted octanol–water partition coefficient (Wildman–Crippen LogP) is 2.00. The van der Waals surface area contributed by atoms with E-state index in [2.05, 4.69) is 15.9 Å². The summed E-state index contributed by atoms with van der Waals surface area (Å²) in [5, 5.41) is 0.0233. The number of halogens is 3. The Kier molecular flexibility index (Phi) is 4.61. The number of Topliss-reactive ketones (excluding diaryl/α,β-unsaturated/α-hetero) is 1. The number of aryl methyl sites for hydroxylation is 1. The molecule has 7 heteroatoms. The van der Waals surface area contributed by atoms with Crippen LogP contribution in [-0.2, 0) is 7.05 Å². The number of hydrogen-bond acceptors (Lipinski definition) is 3. The lowest BCUT2D eigenvalue weighted by molar-refractivity contribution is -0.0252. The standard InChI is InChI=1S/C11H12BrF2NO3/c1-11(13,14)6-18-10-3-8(16)7(5-15(10)2)9(17)4-12/h3,5H,4,6H2,1-2H3. The molecule has 0 fully saturated rings. The smallest absolute Gasteiger partial charge is 0.278 e. The van der Waals surface area contributed by atoms with Gasteiger partial charge < -0.3 is 9.30 Å². The molecule has 0 spiro atoms. The van der Waals surface area contributed by atoms with Crippen LogP contribution >= 0.6 is 15.9 Å². The Hall–Kier alpha value is -1.24. The van der Waals surface area contributed by atoms with Crippen LogP contribution in [0.2, 0.25) is 0 Å². The number of carbonyl (C=O) groups excluding carboxylic acids is 1. The number of pyridine rings is 1. The van der Waals surface area contributed by atoms with Gasteiger partial charge in [0.25, 0.3) is 5.92 Å². The molecule has 0 saturated carbocycles. The fraction of sp³-hybridized carbons (Fsp3) is 0.455. The van der Waals surface area contributed by atoms with Gasteiger partial charge in [0.1, 0.15) is 0 Å². The molecule has 1 aromatic rings. The van der Waals surface area contributed by atoms with E-state index in [0.29, 0.717) is 6.92 Å². The lowest BCUT2D eigenvalue weighted by Gasteiger charge is -2.14. The monoisotopic (exact) mass is 323 g/mol. The van der Waals surface area contributed by atoms with E-state index in [1.165, 1.54) is 17.8 Å². The van der Waals surface area contributed by atoms with Gasteiger partial charge in [-0.2, -0.15) is 0 Å². The minimum Gasteiger partial charge on any atom is -0.472 e. The van der Waals surface area contributed by atoms with E-state index < -0.39 is 18.0 Å². The number of nitrogens with zero attached hydrogens (tertiary/aromatic N) is 1. The minimum atomic E-state index is -2.99. The highest BCUT2D eigenvalue weighted by molar-refractivity contribution is 9.09. The molecule has 1 heterocycles. The predicted molar refractivity (Wildman–Crippen MR) is 65.9 cm³/mol. The normalized spacial score (nSPS) is 11.4. The zero-order chi connectivity index (χ0) is 13.9. The molecule has 4 nitrogen and oxygen atoms in total. The second-order valence-corrected chi connectivity index (χ2v) is 4.48. The summed E-state index contributed by atoms with van der Waals surface area (Å²) in [6.45, 7) is -0.111. The Morgan fingerprint density at radius 1 is 1.56 bits per heavy atom. The largest absolute Gasteiger partial charge is 0.472 e. The number of ether oxygens (including phenoxy) is 1. The van der Waals surface area contributed by atoms with Crippen LogP contribution in [0.1, 0.15) is 17.3 Å². The van der Waals surface area contributed by atoms with Crippen molar-refractivity contribution in [1.82, 2.24) is 4.57 Å². The highest BCUT2D eigenvalue weighted by atomic mass is 79.9. The maximum Gasteiger partial charge on any atom is 0.278 e. The van der Waals surface area contributed by atoms with Crippen molar-refractivity contribution in [3.05, 3.63) is 28.0 Å². The third-order valence-electron chi connectivity index (χ3n) is 2.09. The first-order valence-corrected chi connectivity index (χ1v) is 6.17. The Morgan fingerprint density at radius 3 is 2.67 bits per heavy atom. The van der Waals surface area contributed by atoms with E-state index >= 15 is 0 Å². The lowest BCUT2D eigenvalue weighted by atomic mass is 10.2. The SMILES string of the molecule is Cn1cc(C(=O)CBr)c(=O)cc1OCC(C)(F)F. The van der Waals surface area contributed by atoms with Crippen LogP contribution in [-0.4, -0.2) is 28.2 Å². The summed E-state index contributed by atoms with van der Waals surface area (Å²) in [6.07, 6.45) is 1.27. The highest BCUT2D eigenvalue weighted by Gasteiger charge is 2.23. The molecule has 0 aromatic carbocycles. The first-order chi connectivity index (χ1) is 8.24. The zero-order valence-corrected chi connectivity index (χ0v) is 11.5. The third-order valence-corrected chi connectivity index (χ3v) is 2.59. The Bertz CT molecular complexity index is 508. The molecular weight excluding hydrogens is 312 g/mol. The number of aromatic nitrogens is 1. The molecule has 0 unspecified atom stereocenters. The van der Waals surface area contributed by atoms with Crippen LogP contribution in [0.4, 0.5) is 8.78 Å². The summed E-state index contributed by atoms with van der Waals surface area (Å²) in [7, 11) is 1.51. The van der Waals surface area contributed by atoms with Gasteiger partial charge >= 0.3 is 0 Å². The van der Waals surface area contributed by atoms with E-state index in [0.717, 1.165) is 6.07 Å². The van der Waals surface area contributed by atoms with Crippen molar-refractivity contribution in [3.63, 3.8) is 0 Å². The summed E-state index contributed by atoms with van der Waals surface area (Å²) in [5.74, 6) is -3.36. The molecule has 0 atom stereocenters. The maximum absolute atomic E-state index is 12.6. The molecule has 0 aliphatic heterocycles. The minimum absolute atomic E-state index is 0.00681. The van der Waals surface area contributed by atoms with E-state index in [9.17, 15) is 18.4 Å². The summed E-state index contributed by atoms with van der Waals surface area (Å²) in [4.78, 5) is 23.0. The van der Waals surface area contributed by atoms with Crippen molar-refractivity contribution in [1.29, 1.82) is 0 Å². The molecule has 1 rings (SSSR count). The highest BCUT2D eigenvalue weighted by Crippen LogP contribution is 2.15. The van der Waals surface area contributed by atoms with E-state index in [1.807, 2.05) is 0 Å². The molecule has 0 aliphatic rings. The van der Waals surface area contributed by atoms with Crippen LogP contribution in [0.3, 0.4) is 0 Å². The molecule has 0 amide bonds. The first-order valence-electron chi connectivity index (χ1n) is 5.05. The first kappa shape index (κ1) is 14.8. The summed E-state index contributed by atoms with van der Waals surface area (Å²) < 4.78 is 31.4. The molecule has 0 bridgehead atoms. The fourth-order valence-electron chi connectivity index (χ4n) is 1.24. The number of carbonyl (C=O) groups is 1. The van der Waals surface area contributed by atoms with Gasteiger partial charge in [-0.25, -0.2) is 8.78 Å². The van der Waals surface area contributed by atoms with Crippen LogP contribution in [0.25, 0.3) is 0 Å². The third kappa shape index (κ3) is 3.90. The summed E-state index contributed by atoms with van der Waals surface area (Å²) >= 11 is 2.96. The van der Waals surface area contributed by atoms with Crippen LogP contribution in [0.5, 0.6) is 5.88 Å². The second kappa shape index (κ2) is 5.60. The van der Waals surface area contributed by atoms with Crippen molar-refractivity contribution in [2.45, 2.75) is 12.8 Å². The summed E-state index contributed by atoms with van der Waals surface area (Å²) in [6, 6.07) is 1.03. The van der Waals surface area contributed by atoms with Gasteiger partial charge in [0, 0.05) is 26.2 Å². The molecule has 18 heavy (non-hydrogen) atoms. The average Bonchev–Trinajstić information content (AvgIpc) is 2.27. The zero-order valence-electron chi connectivity index (χ0n) is 9.87. The van der Waals surface area contributed by atoms with Crippen LogP contribution in [0, 0.1) is 0 Å². The Labute approximate surface area is 111 Å². The Morgan fingerprint density at radius 2 is 2.17 bits per heavy atom. The van der Waals surface area contributed by atoms with Crippen molar-refractivity contribution in [3.8, 4) is 5.88 Å². The van der Waals surface area contributed by atoms with Crippen LogP contribution in [0.15, 0.2) is 17.1 Å². The van der Waals surface area contributed by atoms with Gasteiger partial charge in [-0.1, -0.05) is 15.9 Å². The maximum atomic E-state index is 12.6. The van der Waals surface area contributed by atoms with E-state index in [-0.39, 0.29) is 22.6 Å². The fourth-order valence-corrected chi connectivity index (χ4v) is 1.54. The molecular formula is C11H12BrF2NO3. The lowest BCUT2D eigenvalue weighted by Crippen LogP contribution is -2.24. The number of hydrogen-bond donors (Lipinski definition) is 0. The number of alkyl halides is 3. The Balaban J connectivity index is 3.01. The van der Waals surface area contributed by atoms with Gasteiger partial charge in [-0.3, -0.25) is 9.59 Å². The van der Waals surface area contributed by atoms with Gasteiger partial charge in [0.15, 0.2) is 23.7 Å². The van der Waals surface area contributed by atoms with E-state index in [4.69, 9.17) is 4.74 Å². The van der Waals surface area contributed by atoms with Crippen molar-refractivity contribution in [2.75, 3.05) is 11.9 Å². The second-order valence-electron chi connectivity index (χ2n) is 3.92. The molecule has 0 radical (unpaired) electrons. The van der Waals surface area contributed by atoms with Crippen LogP contribution < -0.4 is 10.2 Å². The topological polar surface area (TPSA) is 48.3 Å². The molecule has 0 aliphatic carbocycles. The average molecular weight is 324 g/mol. The van der Waals surface area contributed by atoms with Gasteiger partial charge in [-0.05, 0) is 0 Å².